The molecule has 2 aromatic carbocycles. The maximum atomic E-state index is 13.3. The molecule has 0 atom stereocenters. The van der Waals surface area contributed by atoms with E-state index in [1.165, 1.54) is 30.2 Å². The summed E-state index contributed by atoms with van der Waals surface area (Å²) >= 11 is 1.70. The number of thioether (sulfide) groups is 1. The Labute approximate surface area is 203 Å². The van der Waals surface area contributed by atoms with Gasteiger partial charge in [-0.1, -0.05) is 31.5 Å². The van der Waals surface area contributed by atoms with Gasteiger partial charge in [0.15, 0.2) is 0 Å². The van der Waals surface area contributed by atoms with Crippen molar-refractivity contribution >= 4 is 27.5 Å². The number of aryl methyl sites for hydroxylation is 1. The Balaban J connectivity index is 1.37. The number of sulfonamides is 1. The summed E-state index contributed by atoms with van der Waals surface area (Å²) in [7, 11) is -3.60. The molecule has 2 aliphatic rings. The summed E-state index contributed by atoms with van der Waals surface area (Å²) in [6.07, 6.45) is 3.57. The lowest BCUT2D eigenvalue weighted by Gasteiger charge is -2.33. The summed E-state index contributed by atoms with van der Waals surface area (Å²) in [5.41, 5.74) is 1.77. The highest BCUT2D eigenvalue weighted by molar-refractivity contribution is 8.00. The van der Waals surface area contributed by atoms with Gasteiger partial charge in [-0.2, -0.15) is 0 Å². The van der Waals surface area contributed by atoms with E-state index in [0.717, 1.165) is 52.5 Å². The van der Waals surface area contributed by atoms with Crippen molar-refractivity contribution in [1.82, 2.24) is 4.90 Å². The second-order valence-corrected chi connectivity index (χ2v) is 12.5. The lowest BCUT2D eigenvalue weighted by Crippen LogP contribution is -2.36. The smallest absolute Gasteiger partial charge is 0.264 e. The molecule has 1 saturated heterocycles. The normalized spacial score (nSPS) is 17.9. The first-order chi connectivity index (χ1) is 15.8. The van der Waals surface area contributed by atoms with Gasteiger partial charge in [-0.25, -0.2) is 8.42 Å². The lowest BCUT2D eigenvalue weighted by molar-refractivity contribution is 0.149. The van der Waals surface area contributed by atoms with Gasteiger partial charge < -0.3 is 9.64 Å². The molecule has 0 aromatic heterocycles. The number of piperidine rings is 1. The summed E-state index contributed by atoms with van der Waals surface area (Å²) in [5, 5.41) is 0. The Morgan fingerprint density at radius 1 is 1.06 bits per heavy atom. The fraction of sp³-hybridized carbons (Fsp3) is 0.538. The van der Waals surface area contributed by atoms with Gasteiger partial charge in [-0.15, -0.1) is 11.8 Å². The van der Waals surface area contributed by atoms with Crippen molar-refractivity contribution in [2.75, 3.05) is 42.8 Å². The first-order valence-electron chi connectivity index (χ1n) is 12.1. The number of hydrogen-bond donors (Lipinski definition) is 0. The largest absolute Gasteiger partial charge is 0.493 e. The Morgan fingerprint density at radius 3 is 2.48 bits per heavy atom. The van der Waals surface area contributed by atoms with Crippen LogP contribution in [0.4, 0.5) is 5.69 Å². The third kappa shape index (κ3) is 5.87. The Bertz CT molecular complexity index is 1030. The van der Waals surface area contributed by atoms with Crippen LogP contribution in [0.15, 0.2) is 52.3 Å². The van der Waals surface area contributed by atoms with Gasteiger partial charge in [-0.05, 0) is 75.4 Å². The second-order valence-electron chi connectivity index (χ2n) is 9.49. The molecule has 180 valence electrons. The molecular weight excluding hydrogens is 452 g/mol. The topological polar surface area (TPSA) is 49.9 Å². The Hall–Kier alpha value is -1.70. The summed E-state index contributed by atoms with van der Waals surface area (Å²) in [6.45, 7) is 11.1. The maximum absolute atomic E-state index is 13.3. The first kappa shape index (κ1) is 24.4. The van der Waals surface area contributed by atoms with Gasteiger partial charge in [-0.3, -0.25) is 4.31 Å². The molecule has 0 bridgehead atoms. The van der Waals surface area contributed by atoms with Crippen LogP contribution in [-0.4, -0.2) is 51.9 Å². The molecule has 2 aromatic rings. The number of anilines is 1. The highest BCUT2D eigenvalue weighted by Crippen LogP contribution is 2.40. The molecule has 0 saturated carbocycles. The SMILES string of the molecule is Cc1ccc(S(=O)(=O)N2CCSc3ccc(OCCCN4CCC(C(C)C)CC4)cc32)cc1. The van der Waals surface area contributed by atoms with E-state index in [0.29, 0.717) is 18.0 Å². The van der Waals surface area contributed by atoms with Crippen LogP contribution in [0.5, 0.6) is 5.75 Å². The van der Waals surface area contributed by atoms with E-state index in [-0.39, 0.29) is 0 Å². The molecular formula is C26H36N2O3S2. The molecule has 0 spiro atoms. The van der Waals surface area contributed by atoms with Gasteiger partial charge in [0.1, 0.15) is 5.75 Å². The Kier molecular flexibility index (Phi) is 7.92. The molecule has 0 unspecified atom stereocenters. The number of benzene rings is 2. The van der Waals surface area contributed by atoms with Crippen molar-refractivity contribution in [2.24, 2.45) is 11.8 Å². The zero-order valence-corrected chi connectivity index (χ0v) is 21.6. The number of rotatable bonds is 8. The van der Waals surface area contributed by atoms with E-state index in [4.69, 9.17) is 4.74 Å². The third-order valence-corrected chi connectivity index (χ3v) is 9.69. The molecule has 7 heteroatoms. The molecule has 2 aliphatic heterocycles. The molecule has 5 nitrogen and oxygen atoms in total. The molecule has 2 heterocycles. The van der Waals surface area contributed by atoms with E-state index >= 15 is 0 Å². The number of nitrogens with zero attached hydrogens (tertiary/aromatic N) is 2. The quantitative estimate of drug-likeness (QED) is 0.464. The van der Waals surface area contributed by atoms with Crippen molar-refractivity contribution in [3.8, 4) is 5.75 Å². The Morgan fingerprint density at radius 2 is 1.79 bits per heavy atom. The highest BCUT2D eigenvalue weighted by atomic mass is 32.2. The van der Waals surface area contributed by atoms with Crippen molar-refractivity contribution in [3.05, 3.63) is 48.0 Å². The molecule has 0 aliphatic carbocycles. The van der Waals surface area contributed by atoms with Gasteiger partial charge in [0.05, 0.1) is 17.2 Å². The monoisotopic (exact) mass is 488 g/mol. The molecule has 4 rings (SSSR count). The van der Waals surface area contributed by atoms with Crippen molar-refractivity contribution < 1.29 is 13.2 Å². The average Bonchev–Trinajstić information content (AvgIpc) is 2.82. The second kappa shape index (κ2) is 10.7. The van der Waals surface area contributed by atoms with Crippen molar-refractivity contribution in [2.45, 2.75) is 49.8 Å². The van der Waals surface area contributed by atoms with Crippen LogP contribution in [0.3, 0.4) is 0 Å². The fourth-order valence-corrected chi connectivity index (χ4v) is 7.30. The van der Waals surface area contributed by atoms with Gasteiger partial charge in [0.25, 0.3) is 10.0 Å². The number of hydrogen-bond acceptors (Lipinski definition) is 5. The molecule has 0 radical (unpaired) electrons. The van der Waals surface area contributed by atoms with Gasteiger partial charge >= 0.3 is 0 Å². The van der Waals surface area contributed by atoms with E-state index in [1.807, 2.05) is 37.3 Å². The van der Waals surface area contributed by atoms with Crippen molar-refractivity contribution in [1.29, 1.82) is 0 Å². The van der Waals surface area contributed by atoms with Crippen molar-refractivity contribution in [3.63, 3.8) is 0 Å². The zero-order chi connectivity index (χ0) is 23.4. The summed E-state index contributed by atoms with van der Waals surface area (Å²) in [6, 6.07) is 12.9. The van der Waals surface area contributed by atoms with E-state index < -0.39 is 10.0 Å². The van der Waals surface area contributed by atoms with Crippen LogP contribution >= 0.6 is 11.8 Å². The molecule has 33 heavy (non-hydrogen) atoms. The minimum atomic E-state index is -3.60. The maximum Gasteiger partial charge on any atom is 0.264 e. The number of likely N-dealkylation sites (tertiary alicyclic amines) is 1. The zero-order valence-electron chi connectivity index (χ0n) is 20.0. The van der Waals surface area contributed by atoms with Crippen LogP contribution in [0.2, 0.25) is 0 Å². The number of ether oxygens (including phenoxy) is 1. The van der Waals surface area contributed by atoms with E-state index in [2.05, 4.69) is 18.7 Å². The van der Waals surface area contributed by atoms with E-state index in [1.54, 1.807) is 23.9 Å². The third-order valence-electron chi connectivity index (χ3n) is 6.82. The minimum absolute atomic E-state index is 0.332. The number of fused-ring (bicyclic) bond motifs is 1. The minimum Gasteiger partial charge on any atom is -0.493 e. The standard InChI is InChI=1S/C26H36N2O3S2/c1-20(2)22-11-14-27(15-12-22)13-4-17-31-23-7-10-26-25(19-23)28(16-18-32-26)33(29,30)24-8-5-21(3)6-9-24/h5-10,19-20,22H,4,11-18H2,1-3H3. The molecule has 1 fully saturated rings. The predicted octanol–water partition coefficient (Wildman–Crippen LogP) is 5.43. The van der Waals surface area contributed by atoms with E-state index in [9.17, 15) is 8.42 Å². The van der Waals surface area contributed by atoms with Crippen LogP contribution in [0, 0.1) is 18.8 Å². The highest BCUT2D eigenvalue weighted by Gasteiger charge is 2.30. The van der Waals surface area contributed by atoms with Gasteiger partial charge in [0, 0.05) is 29.8 Å². The average molecular weight is 489 g/mol. The predicted molar refractivity (Wildman–Crippen MR) is 137 cm³/mol. The van der Waals surface area contributed by atoms with Gasteiger partial charge in [0.2, 0.25) is 0 Å². The van der Waals surface area contributed by atoms with Crippen LogP contribution in [-0.2, 0) is 10.0 Å². The molecule has 0 amide bonds. The fourth-order valence-electron chi connectivity index (χ4n) is 4.67. The summed E-state index contributed by atoms with van der Waals surface area (Å²) in [4.78, 5) is 3.86. The van der Waals surface area contributed by atoms with Crippen LogP contribution < -0.4 is 9.04 Å². The summed E-state index contributed by atoms with van der Waals surface area (Å²) < 4.78 is 34.3. The lowest BCUT2D eigenvalue weighted by atomic mass is 9.87. The molecule has 0 N–H and O–H groups in total. The van der Waals surface area contributed by atoms with Crippen LogP contribution in [0.25, 0.3) is 0 Å². The van der Waals surface area contributed by atoms with Crippen LogP contribution in [0.1, 0.15) is 38.7 Å². The first-order valence-corrected chi connectivity index (χ1v) is 14.5. The summed E-state index contributed by atoms with van der Waals surface area (Å²) in [5.74, 6) is 3.13.